The fourth-order valence-electron chi connectivity index (χ4n) is 0.855. The molecule has 0 fully saturated rings. The molecule has 13 heavy (non-hydrogen) atoms. The van der Waals surface area contributed by atoms with Gasteiger partial charge in [0.1, 0.15) is 5.76 Å². The van der Waals surface area contributed by atoms with Gasteiger partial charge < -0.3 is 8.97 Å². The van der Waals surface area contributed by atoms with Gasteiger partial charge in [-0.3, -0.25) is 14.3 Å². The minimum Gasteiger partial charge on any atom is -0.767 e. The van der Waals surface area contributed by atoms with Crippen LogP contribution in [0.2, 0.25) is 0 Å². The second-order valence-electron chi connectivity index (χ2n) is 2.35. The number of aryl methyl sites for hydroxylation is 1. The van der Waals surface area contributed by atoms with Crippen molar-refractivity contribution in [3.05, 3.63) is 33.8 Å². The molecule has 0 saturated heterocycles. The molecule has 0 N–H and O–H groups in total. The lowest BCUT2D eigenvalue weighted by Gasteiger charge is -2.08. The Balaban J connectivity index is 3.02. The minimum atomic E-state index is -2.81. The van der Waals surface area contributed by atoms with E-state index in [1.165, 1.54) is 12.1 Å². The van der Waals surface area contributed by atoms with E-state index < -0.39 is 21.4 Å². The molecule has 0 aliphatic rings. The number of furan rings is 1. The van der Waals surface area contributed by atoms with Gasteiger partial charge in [0.2, 0.25) is 0 Å². The van der Waals surface area contributed by atoms with Crippen LogP contribution in [0.25, 0.3) is 0 Å². The highest BCUT2D eigenvalue weighted by Gasteiger charge is 2.27. The molecule has 0 amide bonds. The third kappa shape index (κ3) is 2.13. The number of nitrogens with zero attached hydrogens (tertiary/aromatic N) is 1. The van der Waals surface area contributed by atoms with E-state index in [0.29, 0.717) is 5.76 Å². The maximum atomic E-state index is 10.4. The van der Waals surface area contributed by atoms with Crippen LogP contribution in [0.15, 0.2) is 16.5 Å². The van der Waals surface area contributed by atoms with Gasteiger partial charge in [0, 0.05) is 16.0 Å². The maximum Gasteiger partial charge on any atom is 0.330 e. The molecule has 1 rings (SSSR count). The first-order valence-electron chi connectivity index (χ1n) is 3.30. The largest absolute Gasteiger partial charge is 0.767 e. The Morgan fingerprint density at radius 2 is 2.23 bits per heavy atom. The van der Waals surface area contributed by atoms with Crippen molar-refractivity contribution in [1.29, 1.82) is 0 Å². The van der Waals surface area contributed by atoms with E-state index >= 15 is 0 Å². The minimum absolute atomic E-state index is 0.171. The van der Waals surface area contributed by atoms with E-state index in [0.717, 1.165) is 0 Å². The van der Waals surface area contributed by atoms with Crippen LogP contribution in [0.3, 0.4) is 0 Å². The first-order valence-corrected chi connectivity index (χ1v) is 4.44. The summed E-state index contributed by atoms with van der Waals surface area (Å²) in [5.41, 5.74) is 0. The van der Waals surface area contributed by atoms with E-state index in [1.54, 1.807) is 6.92 Å². The van der Waals surface area contributed by atoms with Crippen molar-refractivity contribution in [2.45, 2.75) is 12.3 Å². The van der Waals surface area contributed by atoms with Gasteiger partial charge in [-0.05, 0) is 19.1 Å². The molecule has 7 heteroatoms. The second-order valence-corrected chi connectivity index (χ2v) is 3.31. The Kier molecular flexibility index (Phi) is 2.79. The summed E-state index contributed by atoms with van der Waals surface area (Å²) < 4.78 is 25.7. The van der Waals surface area contributed by atoms with Gasteiger partial charge in [0.05, 0.1) is 0 Å². The summed E-state index contributed by atoms with van der Waals surface area (Å²) in [5.74, 6) is 0.267. The molecule has 6 nitrogen and oxygen atoms in total. The number of rotatable bonds is 3. The summed E-state index contributed by atoms with van der Waals surface area (Å²) in [7, 11) is 0. The Labute approximate surface area is 76.0 Å². The SMILES string of the molecule is Cc1ccc(C([N+](=O)[O-])S(=O)[O-])o1. The molecule has 0 aromatic carbocycles. The topological polar surface area (TPSA) is 96.4 Å². The molecule has 1 heterocycles. The lowest BCUT2D eigenvalue weighted by Crippen LogP contribution is -2.14. The first-order chi connectivity index (χ1) is 6.02. The summed E-state index contributed by atoms with van der Waals surface area (Å²) in [6, 6.07) is 2.75. The van der Waals surface area contributed by atoms with Crippen LogP contribution in [0.4, 0.5) is 0 Å². The third-order valence-electron chi connectivity index (χ3n) is 1.38. The van der Waals surface area contributed by atoms with Crippen LogP contribution in [-0.2, 0) is 11.1 Å². The van der Waals surface area contributed by atoms with Gasteiger partial charge in [-0.1, -0.05) is 0 Å². The van der Waals surface area contributed by atoms with Crippen LogP contribution < -0.4 is 0 Å². The highest BCUT2D eigenvalue weighted by molar-refractivity contribution is 7.79. The molecule has 1 aromatic heterocycles. The van der Waals surface area contributed by atoms with E-state index in [2.05, 4.69) is 0 Å². The number of hydrogen-bond donors (Lipinski definition) is 0. The van der Waals surface area contributed by atoms with E-state index in [1.807, 2.05) is 0 Å². The molecule has 1 aromatic rings. The van der Waals surface area contributed by atoms with Crippen LogP contribution in [0.1, 0.15) is 16.9 Å². The standard InChI is InChI=1S/C6H7NO5S/c1-4-2-3-5(12-4)6(7(8)9)13(10)11/h2-3,6H,1H3,(H,10,11)/p-1. The molecule has 2 atom stereocenters. The number of hydrogen-bond acceptors (Lipinski definition) is 5. The molecular formula is C6H6NO5S-. The summed E-state index contributed by atoms with van der Waals surface area (Å²) in [6.45, 7) is 1.58. The highest BCUT2D eigenvalue weighted by atomic mass is 32.2. The predicted octanol–water partition coefficient (Wildman–Crippen LogP) is 0.742. The summed E-state index contributed by atoms with van der Waals surface area (Å²) in [6.07, 6.45) is 0. The highest BCUT2D eigenvalue weighted by Crippen LogP contribution is 2.21. The smallest absolute Gasteiger partial charge is 0.330 e. The monoisotopic (exact) mass is 204 g/mol. The van der Waals surface area contributed by atoms with Crippen LogP contribution in [0.5, 0.6) is 0 Å². The third-order valence-corrected chi connectivity index (χ3v) is 2.15. The molecule has 0 spiro atoms. The van der Waals surface area contributed by atoms with Crippen molar-refractivity contribution < 1.29 is 18.1 Å². The summed E-state index contributed by atoms with van der Waals surface area (Å²) >= 11 is -2.81. The van der Waals surface area contributed by atoms with Gasteiger partial charge >= 0.3 is 5.37 Å². The quantitative estimate of drug-likeness (QED) is 0.411. The summed E-state index contributed by atoms with van der Waals surface area (Å²) in [4.78, 5) is 9.39. The zero-order chi connectivity index (χ0) is 10.0. The normalized spacial score (nSPS) is 15.2. The average molecular weight is 204 g/mol. The number of nitro groups is 1. The Morgan fingerprint density at radius 1 is 1.62 bits per heavy atom. The molecule has 0 aliphatic heterocycles. The van der Waals surface area contributed by atoms with Crippen LogP contribution >= 0.6 is 0 Å². The zero-order valence-corrected chi connectivity index (χ0v) is 7.45. The lowest BCUT2D eigenvalue weighted by molar-refractivity contribution is -0.505. The van der Waals surface area contributed by atoms with Crippen molar-refractivity contribution in [2.75, 3.05) is 0 Å². The Morgan fingerprint density at radius 3 is 2.54 bits per heavy atom. The fraction of sp³-hybridized carbons (Fsp3) is 0.333. The first kappa shape index (κ1) is 9.87. The van der Waals surface area contributed by atoms with Crippen molar-refractivity contribution >= 4 is 11.1 Å². The Bertz CT molecular complexity index is 333. The molecule has 72 valence electrons. The van der Waals surface area contributed by atoms with E-state index in [9.17, 15) is 18.9 Å². The Hall–Kier alpha value is -1.21. The molecule has 0 aliphatic carbocycles. The molecule has 0 bridgehead atoms. The van der Waals surface area contributed by atoms with Crippen molar-refractivity contribution in [1.82, 2.24) is 0 Å². The zero-order valence-electron chi connectivity index (χ0n) is 6.63. The van der Waals surface area contributed by atoms with Gasteiger partial charge in [-0.25, -0.2) is 0 Å². The summed E-state index contributed by atoms with van der Waals surface area (Å²) in [5, 5.41) is 8.49. The van der Waals surface area contributed by atoms with Gasteiger partial charge in [0.15, 0.2) is 5.76 Å². The van der Waals surface area contributed by atoms with Gasteiger partial charge in [-0.15, -0.1) is 0 Å². The fourth-order valence-corrected chi connectivity index (χ4v) is 1.31. The van der Waals surface area contributed by atoms with Gasteiger partial charge in [0.25, 0.3) is 0 Å². The van der Waals surface area contributed by atoms with Crippen LogP contribution in [-0.4, -0.2) is 13.7 Å². The van der Waals surface area contributed by atoms with Crippen molar-refractivity contribution in [3.63, 3.8) is 0 Å². The molecule has 0 saturated carbocycles. The van der Waals surface area contributed by atoms with Crippen molar-refractivity contribution in [3.8, 4) is 0 Å². The second kappa shape index (κ2) is 3.67. The van der Waals surface area contributed by atoms with Crippen LogP contribution in [0, 0.1) is 17.0 Å². The van der Waals surface area contributed by atoms with Crippen molar-refractivity contribution in [2.24, 2.45) is 0 Å². The molecule has 0 radical (unpaired) electrons. The predicted molar refractivity (Wildman–Crippen MR) is 42.1 cm³/mol. The van der Waals surface area contributed by atoms with Gasteiger partial charge in [-0.2, -0.15) is 0 Å². The lowest BCUT2D eigenvalue weighted by atomic mass is 10.4. The molecule has 2 unspecified atom stereocenters. The molecular weight excluding hydrogens is 198 g/mol. The van der Waals surface area contributed by atoms with E-state index in [4.69, 9.17) is 4.42 Å². The maximum absolute atomic E-state index is 10.4. The average Bonchev–Trinajstić information content (AvgIpc) is 2.34. The van der Waals surface area contributed by atoms with E-state index in [-0.39, 0.29) is 5.76 Å².